The SMILES string of the molecule is Cl.[CH3][Zn]([CH3])([CH3])[CH2]c1ccccc1. The molecule has 0 aliphatic carbocycles. The Morgan fingerprint density at radius 2 is 1.50 bits per heavy atom. The van der Waals surface area contributed by atoms with E-state index in [1.165, 1.54) is 10.6 Å². The summed E-state index contributed by atoms with van der Waals surface area (Å²) in [6, 6.07) is 10.8. The molecule has 0 N–H and O–H groups in total. The summed E-state index contributed by atoms with van der Waals surface area (Å²) < 4.78 is 0. The molecule has 0 amide bonds. The van der Waals surface area contributed by atoms with E-state index in [4.69, 9.17) is 0 Å². The molecular formula is C10H17ClZn. The standard InChI is InChI=1S/C7H7.3CH3.ClH.Zn/c1-7-5-3-2-4-6-7;;;;;/h2-6H,1H2;3*1H3;1H;. The van der Waals surface area contributed by atoms with E-state index in [2.05, 4.69) is 46.9 Å². The van der Waals surface area contributed by atoms with Crippen LogP contribution in [0.25, 0.3) is 0 Å². The first-order chi connectivity index (χ1) is 5.08. The van der Waals surface area contributed by atoms with E-state index in [0.29, 0.717) is 0 Å². The van der Waals surface area contributed by atoms with Crippen molar-refractivity contribution in [2.24, 2.45) is 0 Å². The van der Waals surface area contributed by atoms with Crippen molar-refractivity contribution in [3.05, 3.63) is 35.9 Å². The van der Waals surface area contributed by atoms with E-state index >= 15 is 0 Å². The Balaban J connectivity index is 0.00000121. The molecule has 0 radical (unpaired) electrons. The molecule has 12 heavy (non-hydrogen) atoms. The third-order valence-electron chi connectivity index (χ3n) is 1.88. The van der Waals surface area contributed by atoms with Crippen LogP contribution < -0.4 is 0 Å². The van der Waals surface area contributed by atoms with E-state index in [9.17, 15) is 0 Å². The third-order valence-corrected chi connectivity index (χ3v) is 6.24. The molecular weight excluding hydrogens is 221 g/mol. The molecule has 1 aromatic rings. The van der Waals surface area contributed by atoms with Crippen molar-refractivity contribution >= 4 is 12.4 Å². The Labute approximate surface area is 84.6 Å². The number of hydrogen-bond donors (Lipinski definition) is 0. The van der Waals surface area contributed by atoms with Gasteiger partial charge in [-0.2, -0.15) is 0 Å². The fraction of sp³-hybridized carbons (Fsp3) is 0.400. The summed E-state index contributed by atoms with van der Waals surface area (Å²) in [5.41, 5.74) is 8.98. The molecule has 0 bridgehead atoms. The second-order valence-corrected chi connectivity index (χ2v) is 21.6. The molecule has 0 heterocycles. The average Bonchev–Trinajstić information content (AvgIpc) is 1.85. The van der Waals surface area contributed by atoms with Crippen molar-refractivity contribution in [1.82, 2.24) is 0 Å². The van der Waals surface area contributed by atoms with Gasteiger partial charge in [-0.3, -0.25) is 0 Å². The molecule has 1 aromatic carbocycles. The second kappa shape index (κ2) is 4.99. The monoisotopic (exact) mass is 236 g/mol. The van der Waals surface area contributed by atoms with E-state index in [1.54, 1.807) is 0 Å². The fourth-order valence-corrected chi connectivity index (χ4v) is 5.84. The predicted molar refractivity (Wildman–Crippen MR) is 55.0 cm³/mol. The zero-order valence-electron chi connectivity index (χ0n) is 8.21. The summed E-state index contributed by atoms with van der Waals surface area (Å²) in [5.74, 6) is 0. The van der Waals surface area contributed by atoms with Crippen LogP contribution in [0.4, 0.5) is 0 Å². The van der Waals surface area contributed by atoms with Gasteiger partial charge in [0.2, 0.25) is 0 Å². The van der Waals surface area contributed by atoms with Gasteiger partial charge < -0.3 is 0 Å². The van der Waals surface area contributed by atoms with Crippen LogP contribution in [-0.4, -0.2) is 0 Å². The van der Waals surface area contributed by atoms with E-state index in [1.807, 2.05) is 0 Å². The van der Waals surface area contributed by atoms with Crippen LogP contribution >= 0.6 is 12.4 Å². The molecule has 2 heteroatoms. The summed E-state index contributed by atoms with van der Waals surface area (Å²) in [4.78, 5) is 0. The number of halogens is 1. The van der Waals surface area contributed by atoms with Gasteiger partial charge in [0.1, 0.15) is 0 Å². The van der Waals surface area contributed by atoms with Crippen LogP contribution in [0.3, 0.4) is 0 Å². The van der Waals surface area contributed by atoms with Gasteiger partial charge in [0, 0.05) is 0 Å². The summed E-state index contributed by atoms with van der Waals surface area (Å²) in [5, 5.41) is 1.38. The van der Waals surface area contributed by atoms with Gasteiger partial charge in [-0.25, -0.2) is 0 Å². The van der Waals surface area contributed by atoms with Crippen LogP contribution in [-0.2, 0) is 19.8 Å². The molecule has 0 fully saturated rings. The number of benzene rings is 1. The van der Waals surface area contributed by atoms with Crippen molar-refractivity contribution in [3.63, 3.8) is 0 Å². The number of hydrogen-bond acceptors (Lipinski definition) is 0. The Morgan fingerprint density at radius 3 is 1.92 bits per heavy atom. The van der Waals surface area contributed by atoms with Crippen LogP contribution in [0.5, 0.6) is 0 Å². The first kappa shape index (κ1) is 12.1. The maximum absolute atomic E-state index is 2.48. The van der Waals surface area contributed by atoms with Gasteiger partial charge in [0.05, 0.1) is 0 Å². The zero-order chi connectivity index (χ0) is 8.32. The molecule has 0 unspecified atom stereocenters. The topological polar surface area (TPSA) is 0 Å². The molecule has 0 aliphatic heterocycles. The molecule has 0 atom stereocenters. The number of rotatable bonds is 2. The van der Waals surface area contributed by atoms with Gasteiger partial charge in [0.25, 0.3) is 0 Å². The molecule has 66 valence electrons. The van der Waals surface area contributed by atoms with Gasteiger partial charge in [-0.05, 0) is 0 Å². The first-order valence-electron chi connectivity index (χ1n) is 4.89. The molecule has 0 nitrogen and oxygen atoms in total. The van der Waals surface area contributed by atoms with Crippen molar-refractivity contribution in [2.45, 2.75) is 21.6 Å². The quantitative estimate of drug-likeness (QED) is 0.685. The summed E-state index contributed by atoms with van der Waals surface area (Å²) in [7, 11) is 0. The molecule has 0 spiro atoms. The van der Waals surface area contributed by atoms with Crippen molar-refractivity contribution < 1.29 is 14.8 Å². The van der Waals surface area contributed by atoms with E-state index < -0.39 is 14.8 Å². The molecule has 0 aromatic heterocycles. The fourth-order valence-electron chi connectivity index (χ4n) is 1.51. The maximum atomic E-state index is 2.48. The molecule has 0 aliphatic rings. The predicted octanol–water partition coefficient (Wildman–Crippen LogP) is 3.91. The minimum absolute atomic E-state index is 0. The van der Waals surface area contributed by atoms with Crippen molar-refractivity contribution in [2.75, 3.05) is 0 Å². The molecule has 0 saturated heterocycles. The summed E-state index contributed by atoms with van der Waals surface area (Å²) >= 11 is -1.65. The Kier molecular flexibility index (Phi) is 5.05. The van der Waals surface area contributed by atoms with Gasteiger partial charge in [-0.15, -0.1) is 12.4 Å². The van der Waals surface area contributed by atoms with Crippen LogP contribution in [0, 0.1) is 0 Å². The molecule has 0 saturated carbocycles. The van der Waals surface area contributed by atoms with Crippen LogP contribution in [0.15, 0.2) is 30.3 Å². The third kappa shape index (κ3) is 4.90. The van der Waals surface area contributed by atoms with E-state index in [0.717, 1.165) is 0 Å². The van der Waals surface area contributed by atoms with Crippen molar-refractivity contribution in [1.29, 1.82) is 0 Å². The first-order valence-corrected chi connectivity index (χ1v) is 15.9. The Hall–Kier alpha value is 0.133. The minimum atomic E-state index is -1.65. The Morgan fingerprint density at radius 1 is 1.00 bits per heavy atom. The van der Waals surface area contributed by atoms with E-state index in [-0.39, 0.29) is 12.4 Å². The average molecular weight is 238 g/mol. The van der Waals surface area contributed by atoms with Gasteiger partial charge >= 0.3 is 72.2 Å². The summed E-state index contributed by atoms with van der Waals surface area (Å²) in [6.45, 7) is 0. The summed E-state index contributed by atoms with van der Waals surface area (Å²) in [6.07, 6.45) is 0. The van der Waals surface area contributed by atoms with Gasteiger partial charge in [-0.1, -0.05) is 0 Å². The van der Waals surface area contributed by atoms with Crippen molar-refractivity contribution in [3.8, 4) is 0 Å². The van der Waals surface area contributed by atoms with Crippen LogP contribution in [0.2, 0.25) is 16.6 Å². The Bertz CT molecular complexity index is 213. The normalized spacial score (nSPS) is 9.25. The van der Waals surface area contributed by atoms with Crippen LogP contribution in [0.1, 0.15) is 5.56 Å². The molecule has 1 rings (SSSR count). The zero-order valence-corrected chi connectivity index (χ0v) is 12.0. The van der Waals surface area contributed by atoms with Gasteiger partial charge in [0.15, 0.2) is 0 Å². The second-order valence-electron chi connectivity index (χ2n) is 5.36.